The Morgan fingerprint density at radius 2 is 1.08 bits per heavy atom. The van der Waals surface area contributed by atoms with Crippen LogP contribution < -0.4 is 14.4 Å². The lowest BCUT2D eigenvalue weighted by molar-refractivity contribution is 0.00875. The molecule has 39 heavy (non-hydrogen) atoms. The number of hydrogen-bond acceptors (Lipinski definition) is 7. The highest BCUT2D eigenvalue weighted by Gasteiger charge is 2.31. The standard InChI is InChI=1S/C28H27Cl4NO6/c1-14-7-8-18(13-15(14)2)33(16(3)38-27(34)23-19(29)9-11-21(31)25(23)36-5)17(4)39-28(35)24-20(30)10-12-22(32)26(24)37-6/h7-13,16-17H,1-6H3. The Hall–Kier alpha value is -2.84. The van der Waals surface area contributed by atoms with Crippen molar-refractivity contribution in [3.05, 3.63) is 84.8 Å². The molecule has 208 valence electrons. The third-order valence-corrected chi connectivity index (χ3v) is 7.29. The number of ether oxygens (including phenoxy) is 4. The fraction of sp³-hybridized carbons (Fsp3) is 0.286. The molecule has 0 saturated heterocycles. The van der Waals surface area contributed by atoms with Crippen LogP contribution in [0.4, 0.5) is 5.69 Å². The lowest BCUT2D eigenvalue weighted by atomic mass is 10.1. The van der Waals surface area contributed by atoms with Gasteiger partial charge >= 0.3 is 11.9 Å². The van der Waals surface area contributed by atoms with Crippen LogP contribution >= 0.6 is 46.4 Å². The first kappa shape index (κ1) is 30.7. The van der Waals surface area contributed by atoms with E-state index in [1.54, 1.807) is 18.7 Å². The van der Waals surface area contributed by atoms with Crippen molar-refractivity contribution in [1.82, 2.24) is 0 Å². The molecule has 0 N–H and O–H groups in total. The molecule has 0 heterocycles. The Kier molecular flexibility index (Phi) is 10.2. The summed E-state index contributed by atoms with van der Waals surface area (Å²) in [7, 11) is 2.74. The number of methoxy groups -OCH3 is 2. The van der Waals surface area contributed by atoms with E-state index >= 15 is 0 Å². The van der Waals surface area contributed by atoms with Crippen LogP contribution in [0.25, 0.3) is 0 Å². The summed E-state index contributed by atoms with van der Waals surface area (Å²) in [5, 5.41) is 0.603. The summed E-state index contributed by atoms with van der Waals surface area (Å²) < 4.78 is 22.2. The minimum atomic E-state index is -0.945. The fourth-order valence-corrected chi connectivity index (χ4v) is 4.91. The van der Waals surface area contributed by atoms with Crippen LogP contribution in [0, 0.1) is 13.8 Å². The topological polar surface area (TPSA) is 74.3 Å². The predicted molar refractivity (Wildman–Crippen MR) is 154 cm³/mol. The summed E-state index contributed by atoms with van der Waals surface area (Å²) in [5.74, 6) is -1.39. The summed E-state index contributed by atoms with van der Waals surface area (Å²) in [6, 6.07) is 11.6. The molecule has 3 rings (SSSR count). The fourth-order valence-electron chi connectivity index (χ4n) is 3.99. The number of nitrogens with zero attached hydrogens (tertiary/aromatic N) is 1. The van der Waals surface area contributed by atoms with Gasteiger partial charge in [0.25, 0.3) is 0 Å². The maximum Gasteiger partial charge on any atom is 0.345 e. The molecular weight excluding hydrogens is 588 g/mol. The second kappa shape index (κ2) is 13.0. The van der Waals surface area contributed by atoms with Crippen LogP contribution in [0.15, 0.2) is 42.5 Å². The first-order valence-electron chi connectivity index (χ1n) is 11.7. The van der Waals surface area contributed by atoms with Gasteiger partial charge in [0.15, 0.2) is 24.0 Å². The molecule has 0 bridgehead atoms. The number of benzene rings is 3. The van der Waals surface area contributed by atoms with Gasteiger partial charge in [0.1, 0.15) is 11.1 Å². The van der Waals surface area contributed by atoms with Gasteiger partial charge < -0.3 is 23.8 Å². The van der Waals surface area contributed by atoms with E-state index in [4.69, 9.17) is 65.4 Å². The average Bonchev–Trinajstić information content (AvgIpc) is 2.88. The van der Waals surface area contributed by atoms with Crippen molar-refractivity contribution in [2.45, 2.75) is 40.2 Å². The maximum absolute atomic E-state index is 13.3. The summed E-state index contributed by atoms with van der Waals surface area (Å²) >= 11 is 25.0. The normalized spacial score (nSPS) is 12.4. The molecule has 3 aromatic rings. The number of hydrogen-bond donors (Lipinski definition) is 0. The molecule has 0 aliphatic rings. The van der Waals surface area contributed by atoms with Crippen molar-refractivity contribution in [2.75, 3.05) is 19.1 Å². The van der Waals surface area contributed by atoms with Gasteiger partial charge in [0.2, 0.25) is 0 Å². The van der Waals surface area contributed by atoms with Crippen LogP contribution in [0.3, 0.4) is 0 Å². The zero-order valence-corrected chi connectivity index (χ0v) is 25.1. The Morgan fingerprint density at radius 3 is 1.46 bits per heavy atom. The quantitative estimate of drug-likeness (QED) is 0.178. The lowest BCUT2D eigenvalue weighted by Crippen LogP contribution is -2.45. The number of carbonyl (C=O) groups excluding carboxylic acids is 2. The third-order valence-electron chi connectivity index (χ3n) is 6.06. The SMILES string of the molecule is COc1c(Cl)ccc(Cl)c1C(=O)OC(C)N(c1ccc(C)c(C)c1)C(C)OC(=O)c1c(Cl)ccc(Cl)c1OC. The molecule has 7 nitrogen and oxygen atoms in total. The van der Waals surface area contributed by atoms with E-state index in [0.29, 0.717) is 5.69 Å². The van der Waals surface area contributed by atoms with E-state index in [1.165, 1.54) is 38.5 Å². The highest BCUT2D eigenvalue weighted by atomic mass is 35.5. The maximum atomic E-state index is 13.3. The molecule has 0 spiro atoms. The van der Waals surface area contributed by atoms with Gasteiger partial charge in [-0.25, -0.2) is 9.59 Å². The van der Waals surface area contributed by atoms with Crippen LogP contribution in [0.2, 0.25) is 20.1 Å². The monoisotopic (exact) mass is 613 g/mol. The van der Waals surface area contributed by atoms with E-state index < -0.39 is 24.4 Å². The molecule has 0 aliphatic heterocycles. The number of anilines is 1. The molecule has 2 unspecified atom stereocenters. The lowest BCUT2D eigenvalue weighted by Gasteiger charge is -2.35. The highest BCUT2D eigenvalue weighted by Crippen LogP contribution is 2.37. The second-order valence-electron chi connectivity index (χ2n) is 8.56. The molecule has 0 radical (unpaired) electrons. The zero-order chi connectivity index (χ0) is 29.0. The van der Waals surface area contributed by atoms with Crippen molar-refractivity contribution >= 4 is 64.0 Å². The summed E-state index contributed by atoms with van der Waals surface area (Å²) in [4.78, 5) is 28.2. The first-order valence-corrected chi connectivity index (χ1v) is 13.2. The molecule has 0 saturated carbocycles. The smallest absolute Gasteiger partial charge is 0.345 e. The Morgan fingerprint density at radius 1 is 0.667 bits per heavy atom. The van der Waals surface area contributed by atoms with E-state index in [-0.39, 0.29) is 42.7 Å². The largest absolute Gasteiger partial charge is 0.494 e. The molecule has 3 aromatic carbocycles. The van der Waals surface area contributed by atoms with Gasteiger partial charge in [-0.2, -0.15) is 0 Å². The number of halogens is 4. The summed E-state index contributed by atoms with van der Waals surface area (Å²) in [5.41, 5.74) is 2.61. The molecule has 0 aromatic heterocycles. The molecule has 0 amide bonds. The van der Waals surface area contributed by atoms with Crippen LogP contribution in [0.1, 0.15) is 45.7 Å². The van der Waals surface area contributed by atoms with Crippen molar-refractivity contribution < 1.29 is 28.5 Å². The van der Waals surface area contributed by atoms with Gasteiger partial charge in [-0.3, -0.25) is 0 Å². The van der Waals surface area contributed by atoms with Crippen LogP contribution in [-0.4, -0.2) is 38.6 Å². The summed E-state index contributed by atoms with van der Waals surface area (Å²) in [6.45, 7) is 7.18. The Labute approximate surface area is 247 Å². The van der Waals surface area contributed by atoms with E-state index in [9.17, 15) is 9.59 Å². The third kappa shape index (κ3) is 6.67. The van der Waals surface area contributed by atoms with Crippen LogP contribution in [-0.2, 0) is 9.47 Å². The van der Waals surface area contributed by atoms with Crippen molar-refractivity contribution in [3.63, 3.8) is 0 Å². The Bertz CT molecular complexity index is 1320. The van der Waals surface area contributed by atoms with Gasteiger partial charge in [0.05, 0.1) is 34.3 Å². The van der Waals surface area contributed by atoms with E-state index in [1.807, 2.05) is 32.0 Å². The predicted octanol–water partition coefficient (Wildman–Crippen LogP) is 8.15. The second-order valence-corrected chi connectivity index (χ2v) is 10.2. The van der Waals surface area contributed by atoms with Crippen molar-refractivity contribution in [2.24, 2.45) is 0 Å². The van der Waals surface area contributed by atoms with Gasteiger partial charge in [-0.15, -0.1) is 0 Å². The van der Waals surface area contributed by atoms with Gasteiger partial charge in [0, 0.05) is 5.69 Å². The van der Waals surface area contributed by atoms with Crippen molar-refractivity contribution in [1.29, 1.82) is 0 Å². The van der Waals surface area contributed by atoms with Crippen molar-refractivity contribution in [3.8, 4) is 11.5 Å². The van der Waals surface area contributed by atoms with E-state index in [0.717, 1.165) is 11.1 Å². The average molecular weight is 615 g/mol. The highest BCUT2D eigenvalue weighted by molar-refractivity contribution is 6.37. The van der Waals surface area contributed by atoms with Gasteiger partial charge in [-0.05, 0) is 75.2 Å². The molecule has 0 aliphatic carbocycles. The minimum Gasteiger partial charge on any atom is -0.494 e. The summed E-state index contributed by atoms with van der Waals surface area (Å²) in [6.07, 6.45) is -1.89. The molecular formula is C28H27Cl4NO6. The zero-order valence-electron chi connectivity index (χ0n) is 22.1. The van der Waals surface area contributed by atoms with E-state index in [2.05, 4.69) is 0 Å². The van der Waals surface area contributed by atoms with Crippen LogP contribution in [0.5, 0.6) is 11.5 Å². The molecule has 0 fully saturated rings. The number of carbonyl (C=O) groups is 2. The molecule has 11 heteroatoms. The number of aryl methyl sites for hydroxylation is 2. The van der Waals surface area contributed by atoms with Gasteiger partial charge in [-0.1, -0.05) is 52.5 Å². The first-order chi connectivity index (χ1) is 18.4. The number of esters is 2. The number of rotatable bonds is 9. The molecule has 2 atom stereocenters. The minimum absolute atomic E-state index is 0.0290. The Balaban J connectivity index is 1.99.